The molecule has 1 aliphatic carbocycles. The Hall–Kier alpha value is -1.90. The van der Waals surface area contributed by atoms with E-state index in [9.17, 15) is 19.1 Å². The van der Waals surface area contributed by atoms with Gasteiger partial charge in [-0.15, -0.1) is 0 Å². The maximum absolute atomic E-state index is 14.0. The van der Waals surface area contributed by atoms with Crippen LogP contribution in [-0.4, -0.2) is 83.2 Å². The molecule has 3 amide bonds. The van der Waals surface area contributed by atoms with E-state index in [1.807, 2.05) is 11.8 Å². The van der Waals surface area contributed by atoms with Gasteiger partial charge in [0.1, 0.15) is 5.82 Å². The molecule has 7 nitrogen and oxygen atoms in total. The Morgan fingerprint density at radius 3 is 2.75 bits per heavy atom. The van der Waals surface area contributed by atoms with Gasteiger partial charge in [0.25, 0.3) is 0 Å². The Morgan fingerprint density at radius 1 is 1.25 bits per heavy atom. The van der Waals surface area contributed by atoms with Crippen molar-refractivity contribution in [1.29, 1.82) is 0 Å². The highest BCUT2D eigenvalue weighted by Crippen LogP contribution is 2.53. The average Bonchev–Trinajstić information content (AvgIpc) is 3.54. The topological polar surface area (TPSA) is 76.1 Å². The highest BCUT2D eigenvalue weighted by molar-refractivity contribution is 6.30. The van der Waals surface area contributed by atoms with Crippen LogP contribution < -0.4 is 5.32 Å². The summed E-state index contributed by atoms with van der Waals surface area (Å²) in [5.41, 5.74) is 0.226. The number of aliphatic hydroxyl groups excluding tert-OH is 1. The molecule has 2 atom stereocenters. The molecule has 2 saturated heterocycles. The third-order valence-corrected chi connectivity index (χ3v) is 7.46. The second kappa shape index (κ2) is 9.53. The molecule has 4 rings (SSSR count). The zero-order chi connectivity index (χ0) is 22.9. The molecule has 1 aromatic rings. The lowest BCUT2D eigenvalue weighted by Crippen LogP contribution is -2.46. The average molecular weight is 467 g/mol. The number of nitrogens with one attached hydrogen (secondary N) is 1. The van der Waals surface area contributed by atoms with Gasteiger partial charge in [-0.05, 0) is 69.3 Å². The molecular weight excluding hydrogens is 435 g/mol. The molecule has 176 valence electrons. The molecular formula is C23H32ClFN4O3. The van der Waals surface area contributed by atoms with E-state index in [2.05, 4.69) is 10.2 Å². The molecule has 0 aromatic heterocycles. The summed E-state index contributed by atoms with van der Waals surface area (Å²) in [4.78, 5) is 31.1. The van der Waals surface area contributed by atoms with Gasteiger partial charge in [0.2, 0.25) is 5.91 Å². The van der Waals surface area contributed by atoms with Gasteiger partial charge in [-0.2, -0.15) is 0 Å². The fourth-order valence-electron chi connectivity index (χ4n) is 4.92. The van der Waals surface area contributed by atoms with E-state index < -0.39 is 11.8 Å². The highest BCUT2D eigenvalue weighted by Gasteiger charge is 2.51. The number of piperidine rings is 1. The zero-order valence-corrected chi connectivity index (χ0v) is 19.3. The van der Waals surface area contributed by atoms with Gasteiger partial charge in [0.15, 0.2) is 0 Å². The van der Waals surface area contributed by atoms with Gasteiger partial charge < -0.3 is 25.1 Å². The Kier molecular flexibility index (Phi) is 6.93. The number of β-amino-alcohol motifs (C(OH)–C–C–N with tert-alkyl or cyclic N) is 1. The quantitative estimate of drug-likeness (QED) is 0.698. The van der Waals surface area contributed by atoms with Crippen molar-refractivity contribution in [2.24, 2.45) is 5.41 Å². The first kappa shape index (κ1) is 23.3. The summed E-state index contributed by atoms with van der Waals surface area (Å²) in [6.45, 7) is 5.83. The van der Waals surface area contributed by atoms with Crippen LogP contribution in [0.15, 0.2) is 18.2 Å². The summed E-state index contributed by atoms with van der Waals surface area (Å²) in [6, 6.07) is 3.37. The smallest absolute Gasteiger partial charge is 0.322 e. The molecule has 2 heterocycles. The standard InChI is InChI=1S/C23H32ClFN4O3/c1-16-14-28(10-2-9-27-12-8-23(6-7-23)20(30)15-27)21(31)5-11-29(16)22(32)26-19-13-17(24)3-4-18(19)25/h3-4,13,16,20,30H,2,5-12,14-15H2,1H3,(H,26,32)/t16-,20-/m1/s1. The van der Waals surface area contributed by atoms with Crippen molar-refractivity contribution in [1.82, 2.24) is 14.7 Å². The first-order valence-electron chi connectivity index (χ1n) is 11.5. The van der Waals surface area contributed by atoms with Crippen molar-refractivity contribution < 1.29 is 19.1 Å². The number of aliphatic hydroxyl groups is 1. The molecule has 9 heteroatoms. The molecule has 0 bridgehead atoms. The Morgan fingerprint density at radius 2 is 2.03 bits per heavy atom. The first-order valence-corrected chi connectivity index (χ1v) is 11.9. The second-order valence-electron chi connectivity index (χ2n) is 9.47. The molecule has 0 radical (unpaired) electrons. The predicted molar refractivity (Wildman–Crippen MR) is 121 cm³/mol. The van der Waals surface area contributed by atoms with E-state index in [0.29, 0.717) is 18.1 Å². The van der Waals surface area contributed by atoms with Crippen LogP contribution in [0.5, 0.6) is 0 Å². The largest absolute Gasteiger partial charge is 0.391 e. The number of nitrogens with zero attached hydrogens (tertiary/aromatic N) is 3. The van der Waals surface area contributed by atoms with Crippen molar-refractivity contribution in [3.05, 3.63) is 29.0 Å². The number of carbonyl (C=O) groups is 2. The van der Waals surface area contributed by atoms with E-state index in [1.165, 1.54) is 18.2 Å². The number of hydrogen-bond acceptors (Lipinski definition) is 4. The molecule has 1 aromatic carbocycles. The van der Waals surface area contributed by atoms with Crippen molar-refractivity contribution in [3.8, 4) is 0 Å². The fraction of sp³-hybridized carbons (Fsp3) is 0.652. The Balaban J connectivity index is 1.27. The number of carbonyl (C=O) groups excluding carboxylic acids is 2. The van der Waals surface area contributed by atoms with Gasteiger partial charge in [0, 0.05) is 43.7 Å². The van der Waals surface area contributed by atoms with Gasteiger partial charge in [-0.25, -0.2) is 9.18 Å². The number of urea groups is 1. The summed E-state index contributed by atoms with van der Waals surface area (Å²) in [5, 5.41) is 13.3. The van der Waals surface area contributed by atoms with Crippen LogP contribution in [0.3, 0.4) is 0 Å². The van der Waals surface area contributed by atoms with Crippen LogP contribution in [-0.2, 0) is 4.79 Å². The normalized spacial score (nSPS) is 25.7. The summed E-state index contributed by atoms with van der Waals surface area (Å²) in [7, 11) is 0. The molecule has 0 unspecified atom stereocenters. The van der Waals surface area contributed by atoms with Gasteiger partial charge in [-0.1, -0.05) is 11.6 Å². The van der Waals surface area contributed by atoms with Crippen LogP contribution in [0.1, 0.15) is 39.0 Å². The molecule has 2 aliphatic heterocycles. The fourth-order valence-corrected chi connectivity index (χ4v) is 5.09. The van der Waals surface area contributed by atoms with Crippen LogP contribution in [0.2, 0.25) is 5.02 Å². The lowest BCUT2D eigenvalue weighted by molar-refractivity contribution is -0.130. The lowest BCUT2D eigenvalue weighted by Gasteiger charge is -2.36. The van der Waals surface area contributed by atoms with Gasteiger partial charge in [-0.3, -0.25) is 4.79 Å². The molecule has 32 heavy (non-hydrogen) atoms. The minimum absolute atomic E-state index is 0.0247. The summed E-state index contributed by atoms with van der Waals surface area (Å²) in [5.74, 6) is -0.532. The van der Waals surface area contributed by atoms with E-state index in [1.54, 1.807) is 4.90 Å². The SMILES string of the molecule is C[C@@H]1CN(CCCN2CCC3(CC3)[C@H](O)C2)C(=O)CCN1C(=O)Nc1cc(Cl)ccc1F. The highest BCUT2D eigenvalue weighted by atomic mass is 35.5. The van der Waals surface area contributed by atoms with Crippen LogP contribution in [0, 0.1) is 11.2 Å². The second-order valence-corrected chi connectivity index (χ2v) is 9.91. The van der Waals surface area contributed by atoms with Crippen LogP contribution in [0.4, 0.5) is 14.9 Å². The van der Waals surface area contributed by atoms with Crippen LogP contribution in [0.25, 0.3) is 0 Å². The predicted octanol–water partition coefficient (Wildman–Crippen LogP) is 3.17. The number of amides is 3. The maximum atomic E-state index is 14.0. The van der Waals surface area contributed by atoms with Crippen molar-refractivity contribution in [2.45, 2.75) is 51.2 Å². The monoisotopic (exact) mass is 466 g/mol. The van der Waals surface area contributed by atoms with Crippen LogP contribution >= 0.6 is 11.6 Å². The third kappa shape index (κ3) is 5.18. The zero-order valence-electron chi connectivity index (χ0n) is 18.5. The van der Waals surface area contributed by atoms with Crippen molar-refractivity contribution in [2.75, 3.05) is 44.6 Å². The molecule has 1 spiro atoms. The first-order chi connectivity index (χ1) is 15.3. The number of anilines is 1. The third-order valence-electron chi connectivity index (χ3n) is 7.23. The molecule has 3 aliphatic rings. The van der Waals surface area contributed by atoms with Crippen molar-refractivity contribution >= 4 is 29.2 Å². The van der Waals surface area contributed by atoms with Gasteiger partial charge >= 0.3 is 6.03 Å². The Labute approximate surface area is 193 Å². The number of halogens is 2. The van der Waals surface area contributed by atoms with E-state index >= 15 is 0 Å². The lowest BCUT2D eigenvalue weighted by atomic mass is 9.90. The number of rotatable bonds is 5. The molecule has 3 fully saturated rings. The van der Waals surface area contributed by atoms with E-state index in [4.69, 9.17) is 11.6 Å². The molecule has 2 N–H and O–H groups in total. The van der Waals surface area contributed by atoms with E-state index in [0.717, 1.165) is 45.3 Å². The van der Waals surface area contributed by atoms with E-state index in [-0.39, 0.29) is 42.1 Å². The summed E-state index contributed by atoms with van der Waals surface area (Å²) >= 11 is 5.91. The van der Waals surface area contributed by atoms with Gasteiger partial charge in [0.05, 0.1) is 11.8 Å². The number of hydrogen-bond donors (Lipinski definition) is 2. The summed E-state index contributed by atoms with van der Waals surface area (Å²) in [6.07, 6.45) is 4.20. The summed E-state index contributed by atoms with van der Waals surface area (Å²) < 4.78 is 14.0. The van der Waals surface area contributed by atoms with Crippen molar-refractivity contribution in [3.63, 3.8) is 0 Å². The Bertz CT molecular complexity index is 866. The number of benzene rings is 1. The minimum atomic E-state index is -0.557. The maximum Gasteiger partial charge on any atom is 0.322 e. The number of likely N-dealkylation sites (tertiary alicyclic amines) is 1. The molecule has 1 saturated carbocycles. The minimum Gasteiger partial charge on any atom is -0.391 e.